The van der Waals surface area contributed by atoms with Gasteiger partial charge in [0.05, 0.1) is 33.6 Å². The van der Waals surface area contributed by atoms with Crippen molar-refractivity contribution in [3.8, 4) is 158 Å². The first kappa shape index (κ1) is 62.4. The van der Waals surface area contributed by atoms with Gasteiger partial charge in [0.25, 0.3) is 0 Å². The van der Waals surface area contributed by atoms with Gasteiger partial charge in [-0.05, 0) is 149 Å². The van der Waals surface area contributed by atoms with Crippen molar-refractivity contribution in [2.45, 2.75) is 30.1 Å². The number of ether oxygens (including phenoxy) is 2. The average molecular weight is 1390 g/mol. The molecule has 0 amide bonds. The lowest BCUT2D eigenvalue weighted by molar-refractivity contribution is 0.436. The number of hydrogen-bond donors (Lipinski definition) is 0. The summed E-state index contributed by atoms with van der Waals surface area (Å²) in [6.45, 7) is 4.67. The predicted octanol–water partition coefficient (Wildman–Crippen LogP) is 25.5. The van der Waals surface area contributed by atoms with Gasteiger partial charge >= 0.3 is 0 Å². The van der Waals surface area contributed by atoms with Crippen molar-refractivity contribution in [3.63, 3.8) is 0 Å². The molecule has 4 heterocycles. The zero-order valence-corrected chi connectivity index (χ0v) is 59.7. The van der Waals surface area contributed by atoms with E-state index in [2.05, 4.69) is 354 Å². The summed E-state index contributed by atoms with van der Waals surface area (Å²) in [5.41, 5.74) is 33.9. The summed E-state index contributed by atoms with van der Waals surface area (Å²) in [6.07, 6.45) is 0. The lowest BCUT2D eigenvalue weighted by atomic mass is 9.65. The van der Waals surface area contributed by atoms with Gasteiger partial charge in [-0.15, -0.1) is 0 Å². The molecule has 17 aromatic rings. The molecule has 0 radical (unpaired) electrons. The Kier molecular flexibility index (Phi) is 13.8. The second kappa shape index (κ2) is 24.0. The maximum Gasteiger partial charge on any atom is 0.160 e. The van der Waals surface area contributed by atoms with Crippen molar-refractivity contribution in [3.05, 3.63) is 420 Å². The number of fused-ring (bicyclic) bond motifs is 21. The summed E-state index contributed by atoms with van der Waals surface area (Å²) < 4.78 is 14.3. The number of rotatable bonds is 9. The average Bonchev–Trinajstić information content (AvgIpc) is 1.41. The largest absolute Gasteiger partial charge is 0.457 e. The molecule has 2 spiro atoms. The van der Waals surface area contributed by atoms with Gasteiger partial charge in [-0.25, -0.2) is 19.9 Å². The topological polar surface area (TPSA) is 70.0 Å². The summed E-state index contributed by atoms with van der Waals surface area (Å²) in [5, 5.41) is 0. The van der Waals surface area contributed by atoms with E-state index in [4.69, 9.17) is 29.4 Å². The fourth-order valence-electron chi connectivity index (χ4n) is 18.6. The van der Waals surface area contributed by atoms with Crippen LogP contribution in [0, 0.1) is 0 Å². The summed E-state index contributed by atoms with van der Waals surface area (Å²) in [6, 6.07) is 131. The van der Waals surface area contributed by atoms with E-state index in [9.17, 15) is 0 Å². The van der Waals surface area contributed by atoms with E-state index in [1.165, 1.54) is 66.8 Å². The van der Waals surface area contributed by atoms with Gasteiger partial charge in [0, 0.05) is 61.0 Å². The van der Waals surface area contributed by atoms with Crippen LogP contribution in [0.1, 0.15) is 69.5 Å². The molecular formula is C103H66N4O2. The maximum absolute atomic E-state index is 7.38. The SMILES string of the molecule is CC1(C)c2ccccc2-c2ccc(-c3cc(-c4ccc(-c5ccc6c(c5)Oc5ccccc5C65c6ccccc6-c6ccccc65)cc4)nc(-c4ccc(-c5ccc6c(c5)Oc5cc(-c7cccc(-c8cc(-c9ccccc9)nc(-c9ccccc9)n8)c7)ccc5C65c6ccccc6-c6ccccc65)cc4)n3)cc21. The van der Waals surface area contributed by atoms with Gasteiger partial charge in [0.1, 0.15) is 23.0 Å². The Labute approximate surface area is 632 Å². The lowest BCUT2D eigenvalue weighted by Gasteiger charge is -2.39. The Morgan fingerprint density at radius 2 is 0.477 bits per heavy atom. The first-order chi connectivity index (χ1) is 53.7. The molecule has 0 atom stereocenters. The molecule has 15 aromatic carbocycles. The van der Waals surface area contributed by atoms with Crippen LogP contribution in [0.15, 0.2) is 364 Å². The van der Waals surface area contributed by atoms with E-state index in [1.54, 1.807) is 0 Å². The molecule has 6 nitrogen and oxygen atoms in total. The molecule has 109 heavy (non-hydrogen) atoms. The third-order valence-electron chi connectivity index (χ3n) is 23.7. The Balaban J connectivity index is 0.627. The molecule has 0 saturated carbocycles. The molecule has 0 saturated heterocycles. The standard InChI is InChI=1S/C103H66N4O2/c1-101(2)81-33-14-9-28-75(81)80-52-48-74(57-90(80)101)94-62-92(66-44-40-63(41-45-66)70-49-53-87-96(58-70)108-95-39-20-19-38-86(95)102(87)82-34-15-10-29-76(82)77-30-11-16-35-83(77)102)105-100(107-94)68-46-42-64(43-47-68)71-50-54-88-97(59-71)109-98-60-72(51-55-89(98)103(88)84-36-17-12-31-78(84)79-32-13-18-37-85(79)103)69-26-21-27-73(56-69)93-61-91(65-22-5-3-6-23-65)104-99(106-93)67-24-7-4-8-25-67/h3-62H,1-2H3. The van der Waals surface area contributed by atoms with Gasteiger partial charge in [-0.3, -0.25) is 0 Å². The third-order valence-corrected chi connectivity index (χ3v) is 23.7. The number of benzene rings is 15. The highest BCUT2D eigenvalue weighted by Gasteiger charge is 2.53. The van der Waals surface area contributed by atoms with Gasteiger partial charge < -0.3 is 9.47 Å². The van der Waals surface area contributed by atoms with E-state index >= 15 is 0 Å². The fourth-order valence-corrected chi connectivity index (χ4v) is 18.6. The van der Waals surface area contributed by atoms with Crippen LogP contribution in [0.4, 0.5) is 0 Å². The molecule has 22 rings (SSSR count). The molecule has 5 aliphatic rings. The van der Waals surface area contributed by atoms with Crippen molar-refractivity contribution >= 4 is 0 Å². The minimum Gasteiger partial charge on any atom is -0.457 e. The van der Waals surface area contributed by atoms with E-state index in [1.807, 2.05) is 24.3 Å². The van der Waals surface area contributed by atoms with Crippen molar-refractivity contribution in [1.82, 2.24) is 19.9 Å². The van der Waals surface area contributed by atoms with Crippen LogP contribution >= 0.6 is 0 Å². The Hall–Kier alpha value is -13.9. The smallest absolute Gasteiger partial charge is 0.160 e. The molecule has 0 fully saturated rings. The van der Waals surface area contributed by atoms with Crippen LogP contribution in [-0.4, -0.2) is 19.9 Å². The molecular weight excluding hydrogens is 1330 g/mol. The highest BCUT2D eigenvalue weighted by molar-refractivity contribution is 5.93. The lowest BCUT2D eigenvalue weighted by Crippen LogP contribution is -2.32. The van der Waals surface area contributed by atoms with Gasteiger partial charge in [0.2, 0.25) is 0 Å². The zero-order chi connectivity index (χ0) is 72.1. The van der Waals surface area contributed by atoms with Crippen LogP contribution in [-0.2, 0) is 16.2 Å². The predicted molar refractivity (Wildman–Crippen MR) is 439 cm³/mol. The van der Waals surface area contributed by atoms with Gasteiger partial charge in [-0.2, -0.15) is 0 Å². The Bertz CT molecular complexity index is 6490. The quantitative estimate of drug-likeness (QED) is 0.143. The van der Waals surface area contributed by atoms with E-state index in [0.29, 0.717) is 11.6 Å². The normalized spacial score (nSPS) is 14.0. The third kappa shape index (κ3) is 9.47. The molecule has 0 unspecified atom stereocenters. The minimum absolute atomic E-state index is 0.195. The Morgan fingerprint density at radius 3 is 0.972 bits per heavy atom. The van der Waals surface area contributed by atoms with Gasteiger partial charge in [0.15, 0.2) is 11.6 Å². The molecule has 510 valence electrons. The highest BCUT2D eigenvalue weighted by Crippen LogP contribution is 2.65. The zero-order valence-electron chi connectivity index (χ0n) is 59.7. The number of hydrogen-bond acceptors (Lipinski definition) is 6. The molecule has 3 aliphatic carbocycles. The van der Waals surface area contributed by atoms with E-state index in [0.717, 1.165) is 135 Å². The monoisotopic (exact) mass is 1390 g/mol. The summed E-state index contributed by atoms with van der Waals surface area (Å²) in [4.78, 5) is 21.3. The van der Waals surface area contributed by atoms with Crippen molar-refractivity contribution in [1.29, 1.82) is 0 Å². The molecule has 0 N–H and O–H groups in total. The number of aromatic nitrogens is 4. The van der Waals surface area contributed by atoms with E-state index in [-0.39, 0.29) is 5.41 Å². The maximum atomic E-state index is 7.38. The minimum atomic E-state index is -0.662. The van der Waals surface area contributed by atoms with Gasteiger partial charge in [-0.1, -0.05) is 329 Å². The summed E-state index contributed by atoms with van der Waals surface area (Å²) in [5.74, 6) is 4.66. The van der Waals surface area contributed by atoms with Crippen LogP contribution in [0.5, 0.6) is 23.0 Å². The Morgan fingerprint density at radius 1 is 0.183 bits per heavy atom. The fraction of sp³-hybridized carbons (Fsp3) is 0.0485. The van der Waals surface area contributed by atoms with Crippen LogP contribution in [0.3, 0.4) is 0 Å². The molecule has 0 bridgehead atoms. The van der Waals surface area contributed by atoms with Crippen LogP contribution in [0.25, 0.3) is 135 Å². The van der Waals surface area contributed by atoms with Crippen LogP contribution in [0.2, 0.25) is 0 Å². The first-order valence-corrected chi connectivity index (χ1v) is 37.5. The first-order valence-electron chi connectivity index (χ1n) is 37.5. The van der Waals surface area contributed by atoms with E-state index < -0.39 is 10.8 Å². The highest BCUT2D eigenvalue weighted by atomic mass is 16.5. The molecule has 6 heteroatoms. The second-order valence-electron chi connectivity index (χ2n) is 29.8. The molecule has 2 aliphatic heterocycles. The molecule has 2 aromatic heterocycles. The van der Waals surface area contributed by atoms with Crippen molar-refractivity contribution in [2.75, 3.05) is 0 Å². The van der Waals surface area contributed by atoms with Crippen LogP contribution < -0.4 is 9.47 Å². The number of para-hydroxylation sites is 1. The summed E-state index contributed by atoms with van der Waals surface area (Å²) in [7, 11) is 0. The van der Waals surface area contributed by atoms with Crippen molar-refractivity contribution < 1.29 is 9.47 Å². The van der Waals surface area contributed by atoms with Crippen molar-refractivity contribution in [2.24, 2.45) is 0 Å². The summed E-state index contributed by atoms with van der Waals surface area (Å²) >= 11 is 0. The second-order valence-corrected chi connectivity index (χ2v) is 29.8. The number of nitrogens with zero attached hydrogens (tertiary/aromatic N) is 4.